The van der Waals surface area contributed by atoms with Gasteiger partial charge in [0.05, 0.1) is 13.2 Å². The smallest absolute Gasteiger partial charge is 0.475 e. The normalized spacial score (nSPS) is 25.8. The molecule has 0 spiro atoms. The zero-order valence-electron chi connectivity index (χ0n) is 15.7. The Balaban J connectivity index is 0.000000298. The van der Waals surface area contributed by atoms with Gasteiger partial charge >= 0.3 is 12.1 Å². The molecule has 29 heavy (non-hydrogen) atoms. The summed E-state index contributed by atoms with van der Waals surface area (Å²) in [6.07, 6.45) is 1.58. The first-order chi connectivity index (χ1) is 13.7. The van der Waals surface area contributed by atoms with Crippen molar-refractivity contribution in [1.82, 2.24) is 15.3 Å². The Labute approximate surface area is 165 Å². The summed E-state index contributed by atoms with van der Waals surface area (Å²) in [6, 6.07) is 1.83. The second-order valence-electron chi connectivity index (χ2n) is 7.73. The van der Waals surface area contributed by atoms with E-state index in [1.165, 1.54) is 12.8 Å². The summed E-state index contributed by atoms with van der Waals surface area (Å²) in [5.41, 5.74) is 0.0123. The van der Waals surface area contributed by atoms with Gasteiger partial charge in [-0.15, -0.1) is 0 Å². The fourth-order valence-electron chi connectivity index (χ4n) is 3.62. The van der Waals surface area contributed by atoms with Gasteiger partial charge in [0.25, 0.3) is 0 Å². The molecule has 0 radical (unpaired) electrons. The summed E-state index contributed by atoms with van der Waals surface area (Å²) >= 11 is 0. The van der Waals surface area contributed by atoms with Gasteiger partial charge in [-0.2, -0.15) is 13.2 Å². The number of alkyl halides is 3. The van der Waals surface area contributed by atoms with E-state index in [-0.39, 0.29) is 11.3 Å². The van der Waals surface area contributed by atoms with E-state index >= 15 is 0 Å². The van der Waals surface area contributed by atoms with E-state index < -0.39 is 12.1 Å². The summed E-state index contributed by atoms with van der Waals surface area (Å²) in [5.74, 6) is -0.714. The average molecular weight is 416 g/mol. The highest BCUT2D eigenvalue weighted by Gasteiger charge is 2.51. The maximum atomic E-state index is 12.0. The molecule has 0 unspecified atom stereocenters. The van der Waals surface area contributed by atoms with E-state index in [0.717, 1.165) is 25.6 Å². The van der Waals surface area contributed by atoms with Crippen LogP contribution >= 0.6 is 0 Å². The molecule has 0 aromatic carbocycles. The van der Waals surface area contributed by atoms with Crippen LogP contribution in [-0.4, -0.2) is 66.0 Å². The number of amides is 1. The minimum Gasteiger partial charge on any atom is -0.475 e. The molecule has 2 atom stereocenters. The number of carbonyl (C=O) groups excluding carboxylic acids is 1. The second-order valence-corrected chi connectivity index (χ2v) is 7.73. The molecule has 8 nitrogen and oxygen atoms in total. The third-order valence-corrected chi connectivity index (χ3v) is 5.41. The van der Waals surface area contributed by atoms with Crippen molar-refractivity contribution in [3.63, 3.8) is 0 Å². The topological polar surface area (TPSA) is 105 Å². The van der Waals surface area contributed by atoms with Gasteiger partial charge in [0, 0.05) is 49.8 Å². The number of hydrogen-bond acceptors (Lipinski definition) is 6. The van der Waals surface area contributed by atoms with E-state index in [0.29, 0.717) is 31.4 Å². The molecule has 1 saturated carbocycles. The van der Waals surface area contributed by atoms with Crippen LogP contribution in [0.15, 0.2) is 18.5 Å². The number of ether oxygens (including phenoxy) is 1. The number of carboxylic acids is 1. The van der Waals surface area contributed by atoms with Crippen LogP contribution in [0.1, 0.15) is 19.3 Å². The molecule has 2 N–H and O–H groups in total. The van der Waals surface area contributed by atoms with Crippen molar-refractivity contribution in [1.29, 1.82) is 0 Å². The number of fused-ring (bicyclic) bond motifs is 1. The number of rotatable bonds is 5. The lowest BCUT2D eigenvalue weighted by atomic mass is 9.81. The lowest BCUT2D eigenvalue weighted by Gasteiger charge is -2.27. The van der Waals surface area contributed by atoms with Crippen molar-refractivity contribution in [2.45, 2.75) is 25.4 Å². The summed E-state index contributed by atoms with van der Waals surface area (Å²) in [7, 11) is 0. The van der Waals surface area contributed by atoms with Gasteiger partial charge < -0.3 is 20.1 Å². The number of carboxylic acid groups (broad SMARTS) is 1. The molecule has 3 fully saturated rings. The Morgan fingerprint density at radius 3 is 2.55 bits per heavy atom. The van der Waals surface area contributed by atoms with Gasteiger partial charge in [-0.1, -0.05) is 0 Å². The van der Waals surface area contributed by atoms with Crippen LogP contribution in [0.5, 0.6) is 0 Å². The highest BCUT2D eigenvalue weighted by atomic mass is 19.4. The highest BCUT2D eigenvalue weighted by Crippen LogP contribution is 2.41. The molecular formula is C18H23F3N4O4. The van der Waals surface area contributed by atoms with Crippen LogP contribution in [0, 0.1) is 17.3 Å². The molecular weight excluding hydrogens is 393 g/mol. The van der Waals surface area contributed by atoms with Crippen LogP contribution in [0.4, 0.5) is 19.1 Å². The van der Waals surface area contributed by atoms with Gasteiger partial charge in [-0.3, -0.25) is 4.79 Å². The van der Waals surface area contributed by atoms with Crippen LogP contribution in [0.25, 0.3) is 0 Å². The molecule has 3 aliphatic rings. The number of aromatic nitrogens is 2. The molecule has 2 aliphatic heterocycles. The molecule has 1 aromatic heterocycles. The maximum absolute atomic E-state index is 12.0. The van der Waals surface area contributed by atoms with E-state index in [1.807, 2.05) is 6.07 Å². The van der Waals surface area contributed by atoms with Crippen LogP contribution < -0.4 is 10.2 Å². The van der Waals surface area contributed by atoms with Crippen molar-refractivity contribution in [3.8, 4) is 0 Å². The predicted molar refractivity (Wildman–Crippen MR) is 95.0 cm³/mol. The van der Waals surface area contributed by atoms with Crippen molar-refractivity contribution < 1.29 is 32.6 Å². The Hall–Kier alpha value is -2.43. The highest BCUT2D eigenvalue weighted by molar-refractivity contribution is 5.76. The summed E-state index contributed by atoms with van der Waals surface area (Å²) < 4.78 is 37.4. The Morgan fingerprint density at radius 2 is 1.97 bits per heavy atom. The molecule has 1 aromatic rings. The third kappa shape index (κ3) is 5.55. The van der Waals surface area contributed by atoms with E-state index in [2.05, 4.69) is 20.2 Å². The number of nitrogens with zero attached hydrogens (tertiary/aromatic N) is 3. The number of aliphatic carboxylic acids is 1. The Bertz CT molecular complexity index is 730. The number of nitrogens with one attached hydrogen (secondary N) is 1. The largest absolute Gasteiger partial charge is 0.490 e. The average Bonchev–Trinajstić information content (AvgIpc) is 3.27. The molecule has 0 bridgehead atoms. The van der Waals surface area contributed by atoms with Crippen molar-refractivity contribution >= 4 is 17.8 Å². The Morgan fingerprint density at radius 1 is 1.31 bits per heavy atom. The number of anilines is 1. The SMILES string of the molecule is O=C(CC1CC1)NC[C@]12COC[C@H]1CN(c1ncccn1)C2.O=C(O)C(F)(F)F. The zero-order chi connectivity index (χ0) is 21.1. The molecule has 3 heterocycles. The summed E-state index contributed by atoms with van der Waals surface area (Å²) in [6.45, 7) is 3.94. The lowest BCUT2D eigenvalue weighted by molar-refractivity contribution is -0.192. The van der Waals surface area contributed by atoms with Crippen molar-refractivity contribution in [2.75, 3.05) is 37.7 Å². The molecule has 2 saturated heterocycles. The van der Waals surface area contributed by atoms with Gasteiger partial charge in [-0.25, -0.2) is 14.8 Å². The van der Waals surface area contributed by atoms with Gasteiger partial charge in [0.15, 0.2) is 0 Å². The van der Waals surface area contributed by atoms with Gasteiger partial charge in [0.2, 0.25) is 11.9 Å². The summed E-state index contributed by atoms with van der Waals surface area (Å²) in [4.78, 5) is 31.8. The maximum Gasteiger partial charge on any atom is 0.490 e. The first-order valence-corrected chi connectivity index (χ1v) is 9.36. The molecule has 4 rings (SSSR count). The van der Waals surface area contributed by atoms with Crippen LogP contribution in [-0.2, 0) is 14.3 Å². The van der Waals surface area contributed by atoms with E-state index in [9.17, 15) is 18.0 Å². The minimum atomic E-state index is -5.08. The fraction of sp³-hybridized carbons (Fsp3) is 0.667. The lowest BCUT2D eigenvalue weighted by Crippen LogP contribution is -2.43. The molecule has 1 aliphatic carbocycles. The van der Waals surface area contributed by atoms with Crippen LogP contribution in [0.2, 0.25) is 0 Å². The first kappa shape index (κ1) is 21.3. The first-order valence-electron chi connectivity index (χ1n) is 9.36. The molecule has 1 amide bonds. The molecule has 11 heteroatoms. The minimum absolute atomic E-state index is 0.0123. The summed E-state index contributed by atoms with van der Waals surface area (Å²) in [5, 5.41) is 10.3. The van der Waals surface area contributed by atoms with Crippen molar-refractivity contribution in [2.24, 2.45) is 17.3 Å². The monoisotopic (exact) mass is 416 g/mol. The second kappa shape index (κ2) is 8.52. The number of halogens is 3. The van der Waals surface area contributed by atoms with Gasteiger partial charge in [0.1, 0.15) is 0 Å². The zero-order valence-corrected chi connectivity index (χ0v) is 15.7. The number of hydrogen-bond donors (Lipinski definition) is 2. The predicted octanol–water partition coefficient (Wildman–Crippen LogP) is 1.48. The standard InChI is InChI=1S/C16H22N4O2.C2HF3O2/c21-14(6-12-2-3-12)19-9-16-10-20(7-13(16)8-22-11-16)15-17-4-1-5-18-15;3-2(4,5)1(6)7/h1,4-5,12-13H,2-3,6-11H2,(H,19,21);(H,6,7)/t13-,16+;/m1./s1. The van der Waals surface area contributed by atoms with Crippen LogP contribution in [0.3, 0.4) is 0 Å². The van der Waals surface area contributed by atoms with E-state index in [4.69, 9.17) is 14.6 Å². The molecule has 160 valence electrons. The van der Waals surface area contributed by atoms with E-state index in [1.54, 1.807) is 12.4 Å². The Kier molecular flexibility index (Phi) is 6.25. The van der Waals surface area contributed by atoms with Gasteiger partial charge in [-0.05, 0) is 24.8 Å². The fourth-order valence-corrected chi connectivity index (χ4v) is 3.62. The number of carbonyl (C=O) groups is 2. The third-order valence-electron chi connectivity index (χ3n) is 5.41. The quantitative estimate of drug-likeness (QED) is 0.749. The van der Waals surface area contributed by atoms with Crippen molar-refractivity contribution in [3.05, 3.63) is 18.5 Å².